The maximum absolute atomic E-state index is 13.8. The van der Waals surface area contributed by atoms with Crippen molar-refractivity contribution in [3.05, 3.63) is 34.1 Å². The van der Waals surface area contributed by atoms with E-state index in [-0.39, 0.29) is 0 Å². The number of carbonyl (C=O) groups excluding carboxylic acids is 1. The van der Waals surface area contributed by atoms with Gasteiger partial charge in [0.05, 0.1) is 7.11 Å². The molecule has 5 heteroatoms. The molecule has 0 heterocycles. The first kappa shape index (κ1) is 12.5. The van der Waals surface area contributed by atoms with Crippen LogP contribution < -0.4 is 5.32 Å². The van der Waals surface area contributed by atoms with Gasteiger partial charge in [-0.15, -0.1) is 0 Å². The molecule has 1 saturated carbocycles. The Bertz CT molecular complexity index is 435. The van der Waals surface area contributed by atoms with Gasteiger partial charge in [0, 0.05) is 16.1 Å². The van der Waals surface area contributed by atoms with Crippen LogP contribution in [0.25, 0.3) is 0 Å². The normalized spacial score (nSPS) is 16.6. The Morgan fingerprint density at radius 1 is 1.59 bits per heavy atom. The molecule has 0 spiro atoms. The Kier molecular flexibility index (Phi) is 3.79. The lowest BCUT2D eigenvalue weighted by Crippen LogP contribution is -2.31. The van der Waals surface area contributed by atoms with E-state index in [1.165, 1.54) is 13.2 Å². The van der Waals surface area contributed by atoms with Gasteiger partial charge in [-0.05, 0) is 25.0 Å². The summed E-state index contributed by atoms with van der Waals surface area (Å²) >= 11 is 3.19. The number of carbonyl (C=O) groups is 1. The highest BCUT2D eigenvalue weighted by atomic mass is 79.9. The van der Waals surface area contributed by atoms with Gasteiger partial charge in [-0.1, -0.05) is 22.0 Å². The maximum Gasteiger partial charge on any atom is 0.327 e. The molecule has 0 bridgehead atoms. The van der Waals surface area contributed by atoms with Crippen molar-refractivity contribution in [2.45, 2.75) is 24.9 Å². The van der Waals surface area contributed by atoms with E-state index in [2.05, 4.69) is 21.2 Å². The fourth-order valence-electron chi connectivity index (χ4n) is 1.62. The maximum atomic E-state index is 13.8. The first-order valence-electron chi connectivity index (χ1n) is 5.40. The molecule has 0 radical (unpaired) electrons. The van der Waals surface area contributed by atoms with Gasteiger partial charge in [0.15, 0.2) is 0 Å². The zero-order chi connectivity index (χ0) is 12.4. The molecule has 1 N–H and O–H groups in total. The van der Waals surface area contributed by atoms with E-state index in [0.29, 0.717) is 16.1 Å². The van der Waals surface area contributed by atoms with Gasteiger partial charge < -0.3 is 4.74 Å². The molecule has 1 aliphatic carbocycles. The Labute approximate surface area is 107 Å². The first-order chi connectivity index (χ1) is 8.11. The van der Waals surface area contributed by atoms with E-state index in [1.807, 2.05) is 0 Å². The minimum Gasteiger partial charge on any atom is -0.468 e. The highest BCUT2D eigenvalue weighted by molar-refractivity contribution is 9.10. The molecule has 0 aromatic heterocycles. The van der Waals surface area contributed by atoms with E-state index in [1.54, 1.807) is 12.1 Å². The molecule has 1 fully saturated rings. The third-order valence-corrected chi connectivity index (χ3v) is 3.18. The highest BCUT2D eigenvalue weighted by Gasteiger charge is 2.31. The van der Waals surface area contributed by atoms with Crippen LogP contribution in [0.1, 0.15) is 24.4 Å². The van der Waals surface area contributed by atoms with Gasteiger partial charge in [0.2, 0.25) is 0 Å². The summed E-state index contributed by atoms with van der Waals surface area (Å²) in [6.45, 7) is 0. The van der Waals surface area contributed by atoms with Crippen molar-refractivity contribution in [1.29, 1.82) is 0 Å². The van der Waals surface area contributed by atoms with Gasteiger partial charge in [-0.3, -0.25) is 5.32 Å². The number of methoxy groups -OCH3 is 1. The van der Waals surface area contributed by atoms with Crippen LogP contribution in [0.4, 0.5) is 4.39 Å². The van der Waals surface area contributed by atoms with Crippen LogP contribution in [0.2, 0.25) is 0 Å². The molecule has 92 valence electrons. The number of rotatable bonds is 4. The lowest BCUT2D eigenvalue weighted by Gasteiger charge is -2.17. The summed E-state index contributed by atoms with van der Waals surface area (Å²) in [5, 5.41) is 3.09. The smallest absolute Gasteiger partial charge is 0.327 e. The fraction of sp³-hybridized carbons (Fsp3) is 0.417. The number of nitrogens with one attached hydrogen (secondary N) is 1. The topological polar surface area (TPSA) is 38.3 Å². The average Bonchev–Trinajstić information content (AvgIpc) is 3.10. The van der Waals surface area contributed by atoms with Gasteiger partial charge >= 0.3 is 5.97 Å². The van der Waals surface area contributed by atoms with E-state index in [0.717, 1.165) is 12.8 Å². The van der Waals surface area contributed by atoms with Crippen LogP contribution in [0.3, 0.4) is 0 Å². The summed E-state index contributed by atoms with van der Waals surface area (Å²) in [7, 11) is 1.31. The Morgan fingerprint density at radius 2 is 2.29 bits per heavy atom. The Morgan fingerprint density at radius 3 is 2.82 bits per heavy atom. The summed E-state index contributed by atoms with van der Waals surface area (Å²) in [6, 6.07) is 4.22. The van der Waals surface area contributed by atoms with Crippen molar-refractivity contribution in [3.63, 3.8) is 0 Å². The Balaban J connectivity index is 2.26. The van der Waals surface area contributed by atoms with Crippen molar-refractivity contribution >= 4 is 21.9 Å². The standard InChI is InChI=1S/C12H13BrFNO2/c1-17-12(16)11(15-8-3-4-8)9-5-2-7(13)6-10(9)14/h2,5-6,8,11,15H,3-4H2,1H3. The fourth-order valence-corrected chi connectivity index (χ4v) is 1.96. The predicted octanol–water partition coefficient (Wildman–Crippen LogP) is 2.55. The van der Waals surface area contributed by atoms with Crippen LogP contribution in [0.5, 0.6) is 0 Å². The highest BCUT2D eigenvalue weighted by Crippen LogP contribution is 2.27. The van der Waals surface area contributed by atoms with E-state index in [9.17, 15) is 9.18 Å². The number of ether oxygens (including phenoxy) is 1. The second-order valence-corrected chi connectivity index (χ2v) is 4.98. The largest absolute Gasteiger partial charge is 0.468 e. The quantitative estimate of drug-likeness (QED) is 0.869. The third kappa shape index (κ3) is 3.04. The van der Waals surface area contributed by atoms with Crippen molar-refractivity contribution in [2.24, 2.45) is 0 Å². The van der Waals surface area contributed by atoms with Crippen molar-refractivity contribution in [1.82, 2.24) is 5.32 Å². The Hall–Kier alpha value is -0.940. The zero-order valence-corrected chi connectivity index (χ0v) is 11.0. The lowest BCUT2D eigenvalue weighted by atomic mass is 10.1. The molecular formula is C12H13BrFNO2. The van der Waals surface area contributed by atoms with E-state index < -0.39 is 17.8 Å². The molecule has 1 atom stereocenters. The molecule has 0 aliphatic heterocycles. The minimum absolute atomic E-state index is 0.294. The summed E-state index contributed by atoms with van der Waals surface area (Å²) in [4.78, 5) is 11.6. The van der Waals surface area contributed by atoms with Crippen molar-refractivity contribution < 1.29 is 13.9 Å². The molecule has 17 heavy (non-hydrogen) atoms. The zero-order valence-electron chi connectivity index (χ0n) is 9.37. The van der Waals surface area contributed by atoms with Crippen LogP contribution in [-0.2, 0) is 9.53 Å². The number of hydrogen-bond acceptors (Lipinski definition) is 3. The molecule has 1 unspecified atom stereocenters. The van der Waals surface area contributed by atoms with Crippen LogP contribution in [-0.4, -0.2) is 19.1 Å². The summed E-state index contributed by atoms with van der Waals surface area (Å²) < 4.78 is 19.1. The average molecular weight is 302 g/mol. The van der Waals surface area contributed by atoms with Gasteiger partial charge in [-0.25, -0.2) is 9.18 Å². The SMILES string of the molecule is COC(=O)C(NC1CC1)c1ccc(Br)cc1F. The number of benzene rings is 1. The van der Waals surface area contributed by atoms with Crippen LogP contribution >= 0.6 is 15.9 Å². The molecular weight excluding hydrogens is 289 g/mol. The van der Waals surface area contributed by atoms with Crippen molar-refractivity contribution in [3.8, 4) is 0 Å². The monoisotopic (exact) mass is 301 g/mol. The van der Waals surface area contributed by atoms with Gasteiger partial charge in [0.1, 0.15) is 11.9 Å². The second-order valence-electron chi connectivity index (χ2n) is 4.06. The minimum atomic E-state index is -0.722. The third-order valence-electron chi connectivity index (χ3n) is 2.69. The molecule has 2 rings (SSSR count). The van der Waals surface area contributed by atoms with E-state index >= 15 is 0 Å². The summed E-state index contributed by atoms with van der Waals surface area (Å²) in [5.41, 5.74) is 0.326. The second kappa shape index (κ2) is 5.14. The molecule has 3 nitrogen and oxygen atoms in total. The molecule has 0 saturated heterocycles. The molecule has 1 aromatic carbocycles. The number of hydrogen-bond donors (Lipinski definition) is 1. The number of esters is 1. The summed E-state index contributed by atoms with van der Waals surface area (Å²) in [5.74, 6) is -0.874. The van der Waals surface area contributed by atoms with Crippen LogP contribution in [0.15, 0.2) is 22.7 Å². The van der Waals surface area contributed by atoms with Gasteiger partial charge in [0.25, 0.3) is 0 Å². The predicted molar refractivity (Wildman–Crippen MR) is 65.0 cm³/mol. The lowest BCUT2D eigenvalue weighted by molar-refractivity contribution is -0.143. The molecule has 1 aliphatic rings. The first-order valence-corrected chi connectivity index (χ1v) is 6.20. The van der Waals surface area contributed by atoms with Crippen molar-refractivity contribution in [2.75, 3.05) is 7.11 Å². The van der Waals surface area contributed by atoms with Gasteiger partial charge in [-0.2, -0.15) is 0 Å². The molecule has 1 aromatic rings. The van der Waals surface area contributed by atoms with E-state index in [4.69, 9.17) is 4.74 Å². The van der Waals surface area contributed by atoms with Crippen LogP contribution in [0, 0.1) is 5.82 Å². The molecule has 0 amide bonds. The number of halogens is 2. The summed E-state index contributed by atoms with van der Waals surface area (Å²) in [6.07, 6.45) is 2.04.